The first-order valence-corrected chi connectivity index (χ1v) is 9.27. The summed E-state index contributed by atoms with van der Waals surface area (Å²) in [4.78, 5) is 23.2. The molecule has 2 aromatic heterocycles. The molecule has 5 nitrogen and oxygen atoms in total. The molecule has 1 atom stereocenters. The molecular weight excluding hydrogens is 336 g/mol. The molecule has 3 fully saturated rings. The van der Waals surface area contributed by atoms with Gasteiger partial charge in [0.2, 0.25) is 0 Å². The maximum Gasteiger partial charge on any atom is 0.322 e. The fourth-order valence-corrected chi connectivity index (χ4v) is 3.93. The molecule has 1 saturated heterocycles. The topological polar surface area (TPSA) is 58.1 Å². The van der Waals surface area contributed by atoms with Crippen molar-refractivity contribution in [2.45, 2.75) is 43.6 Å². The van der Waals surface area contributed by atoms with Crippen LogP contribution >= 0.6 is 11.6 Å². The Kier molecular flexibility index (Phi) is 3.45. The van der Waals surface area contributed by atoms with Gasteiger partial charge in [0, 0.05) is 24.4 Å². The summed E-state index contributed by atoms with van der Waals surface area (Å²) in [6, 6.07) is 5.91. The van der Waals surface area contributed by atoms with E-state index in [1.54, 1.807) is 0 Å². The normalized spacial score (nSPS) is 23.0. The standard InChI is InChI=1S/C19H19ClN4O/c20-18-8-13(7-15(23-18)12-3-4-12)16-10-22-19(25)24(16)17-9-21-6-5-14(17)11-1-2-11/h5-9,11-12,16H,1-4,10H2,(H,22,25). The first-order chi connectivity index (χ1) is 12.2. The Bertz CT molecular complexity index is 847. The van der Waals surface area contributed by atoms with Gasteiger partial charge >= 0.3 is 6.03 Å². The maximum atomic E-state index is 12.6. The molecule has 1 N–H and O–H groups in total. The van der Waals surface area contributed by atoms with Crippen molar-refractivity contribution in [2.75, 3.05) is 11.4 Å². The molecule has 0 aromatic carbocycles. The van der Waals surface area contributed by atoms with Crippen LogP contribution in [0.25, 0.3) is 0 Å². The van der Waals surface area contributed by atoms with Gasteiger partial charge in [-0.1, -0.05) is 11.6 Å². The van der Waals surface area contributed by atoms with Gasteiger partial charge in [-0.15, -0.1) is 0 Å². The number of carbonyl (C=O) groups excluding carboxylic acids is 1. The monoisotopic (exact) mass is 354 g/mol. The summed E-state index contributed by atoms with van der Waals surface area (Å²) in [5, 5.41) is 3.49. The average molecular weight is 355 g/mol. The lowest BCUT2D eigenvalue weighted by atomic mass is 10.0. The van der Waals surface area contributed by atoms with E-state index in [9.17, 15) is 4.79 Å². The van der Waals surface area contributed by atoms with Gasteiger partial charge < -0.3 is 5.32 Å². The van der Waals surface area contributed by atoms with Crippen LogP contribution in [-0.2, 0) is 0 Å². The number of halogens is 1. The number of rotatable bonds is 4. The summed E-state index contributed by atoms with van der Waals surface area (Å²) in [5.41, 5.74) is 4.24. The molecule has 25 heavy (non-hydrogen) atoms. The first-order valence-electron chi connectivity index (χ1n) is 8.89. The number of nitrogens with zero attached hydrogens (tertiary/aromatic N) is 3. The second kappa shape index (κ2) is 5.70. The van der Waals surface area contributed by atoms with E-state index in [2.05, 4.69) is 21.4 Å². The van der Waals surface area contributed by atoms with Crippen LogP contribution in [0.2, 0.25) is 5.15 Å². The van der Waals surface area contributed by atoms with Gasteiger partial charge in [-0.25, -0.2) is 9.78 Å². The smallest absolute Gasteiger partial charge is 0.322 e. The summed E-state index contributed by atoms with van der Waals surface area (Å²) in [7, 11) is 0. The van der Waals surface area contributed by atoms with Crippen LogP contribution in [0.15, 0.2) is 30.6 Å². The third-order valence-corrected chi connectivity index (χ3v) is 5.50. The minimum atomic E-state index is -0.0767. The molecule has 1 aliphatic heterocycles. The molecule has 3 aliphatic rings. The lowest BCUT2D eigenvalue weighted by molar-refractivity contribution is 0.251. The van der Waals surface area contributed by atoms with E-state index >= 15 is 0 Å². The van der Waals surface area contributed by atoms with Crippen molar-refractivity contribution in [3.63, 3.8) is 0 Å². The van der Waals surface area contributed by atoms with Crippen LogP contribution in [0.3, 0.4) is 0 Å². The van der Waals surface area contributed by atoms with Gasteiger partial charge in [-0.05, 0) is 60.9 Å². The zero-order valence-corrected chi connectivity index (χ0v) is 14.5. The molecule has 0 spiro atoms. The van der Waals surface area contributed by atoms with Crippen LogP contribution in [0, 0.1) is 0 Å². The summed E-state index contributed by atoms with van der Waals surface area (Å²) < 4.78 is 0. The lowest BCUT2D eigenvalue weighted by Gasteiger charge is -2.26. The molecule has 2 amide bonds. The number of amides is 2. The summed E-state index contributed by atoms with van der Waals surface area (Å²) in [6.45, 7) is 0.572. The third kappa shape index (κ3) is 2.76. The number of carbonyl (C=O) groups is 1. The molecular formula is C19H19ClN4O. The van der Waals surface area contributed by atoms with Crippen LogP contribution in [-0.4, -0.2) is 22.5 Å². The molecule has 1 unspecified atom stereocenters. The molecule has 2 aliphatic carbocycles. The molecule has 2 saturated carbocycles. The highest BCUT2D eigenvalue weighted by atomic mass is 35.5. The van der Waals surface area contributed by atoms with E-state index in [4.69, 9.17) is 11.6 Å². The Hall–Kier alpha value is -2.14. The van der Waals surface area contributed by atoms with Crippen molar-refractivity contribution < 1.29 is 4.79 Å². The molecule has 0 bridgehead atoms. The zero-order valence-electron chi connectivity index (χ0n) is 13.8. The van der Waals surface area contributed by atoms with E-state index in [1.807, 2.05) is 29.4 Å². The number of anilines is 1. The summed E-state index contributed by atoms with van der Waals surface area (Å²) in [6.07, 6.45) is 8.35. The predicted octanol–water partition coefficient (Wildman–Crippen LogP) is 4.16. The van der Waals surface area contributed by atoms with Crippen molar-refractivity contribution in [1.82, 2.24) is 15.3 Å². The highest BCUT2D eigenvalue weighted by Gasteiger charge is 2.38. The van der Waals surface area contributed by atoms with E-state index in [1.165, 1.54) is 31.2 Å². The predicted molar refractivity (Wildman–Crippen MR) is 96.1 cm³/mol. The van der Waals surface area contributed by atoms with E-state index < -0.39 is 0 Å². The molecule has 6 heteroatoms. The minimum absolute atomic E-state index is 0.0687. The molecule has 128 valence electrons. The summed E-state index contributed by atoms with van der Waals surface area (Å²) in [5.74, 6) is 1.08. The fraction of sp³-hybridized carbons (Fsp3) is 0.421. The number of urea groups is 1. The van der Waals surface area contributed by atoms with Crippen LogP contribution in [0.1, 0.15) is 60.4 Å². The lowest BCUT2D eigenvalue weighted by Crippen LogP contribution is -2.30. The fourth-order valence-electron chi connectivity index (χ4n) is 3.70. The van der Waals surface area contributed by atoms with Crippen LogP contribution < -0.4 is 10.2 Å². The number of hydrogen-bond donors (Lipinski definition) is 1. The van der Waals surface area contributed by atoms with E-state index in [-0.39, 0.29) is 12.1 Å². The van der Waals surface area contributed by atoms with E-state index in [0.717, 1.165) is 16.9 Å². The van der Waals surface area contributed by atoms with Crippen molar-refractivity contribution in [2.24, 2.45) is 0 Å². The second-order valence-corrected chi connectivity index (χ2v) is 7.59. The van der Waals surface area contributed by atoms with Crippen molar-refractivity contribution >= 4 is 23.3 Å². The van der Waals surface area contributed by atoms with Crippen molar-refractivity contribution in [3.05, 3.63) is 52.6 Å². The highest BCUT2D eigenvalue weighted by molar-refractivity contribution is 6.29. The molecule has 2 aromatic rings. The van der Waals surface area contributed by atoms with Gasteiger partial charge in [0.1, 0.15) is 5.15 Å². The Morgan fingerprint density at radius 1 is 1.16 bits per heavy atom. The second-order valence-electron chi connectivity index (χ2n) is 7.20. The maximum absolute atomic E-state index is 12.6. The Morgan fingerprint density at radius 3 is 2.72 bits per heavy atom. The van der Waals surface area contributed by atoms with Gasteiger partial charge in [0.05, 0.1) is 17.9 Å². The van der Waals surface area contributed by atoms with Gasteiger partial charge in [-0.3, -0.25) is 9.88 Å². The number of nitrogens with one attached hydrogen (secondary N) is 1. The quantitative estimate of drug-likeness (QED) is 0.839. The third-order valence-electron chi connectivity index (χ3n) is 5.30. The SMILES string of the molecule is O=C1NCC(c2cc(Cl)nc(C3CC3)c2)N1c1cnccc1C1CC1. The number of pyridine rings is 2. The van der Waals surface area contributed by atoms with Crippen LogP contribution in [0.4, 0.5) is 10.5 Å². The molecule has 5 rings (SSSR count). The average Bonchev–Trinajstić information content (AvgIpc) is 3.52. The molecule has 3 heterocycles. The number of hydrogen-bond acceptors (Lipinski definition) is 3. The summed E-state index contributed by atoms with van der Waals surface area (Å²) >= 11 is 6.27. The highest BCUT2D eigenvalue weighted by Crippen LogP contribution is 2.46. The van der Waals surface area contributed by atoms with Crippen LogP contribution in [0.5, 0.6) is 0 Å². The van der Waals surface area contributed by atoms with Crippen molar-refractivity contribution in [3.8, 4) is 0 Å². The van der Waals surface area contributed by atoms with Gasteiger partial charge in [0.25, 0.3) is 0 Å². The minimum Gasteiger partial charge on any atom is -0.335 e. The van der Waals surface area contributed by atoms with Gasteiger partial charge in [0.15, 0.2) is 0 Å². The number of aromatic nitrogens is 2. The Balaban J connectivity index is 1.56. The Morgan fingerprint density at radius 2 is 1.96 bits per heavy atom. The molecule has 0 radical (unpaired) electrons. The van der Waals surface area contributed by atoms with E-state index in [0.29, 0.717) is 23.5 Å². The largest absolute Gasteiger partial charge is 0.335 e. The first kappa shape index (κ1) is 15.1. The van der Waals surface area contributed by atoms with Gasteiger partial charge in [-0.2, -0.15) is 0 Å². The zero-order chi connectivity index (χ0) is 17.0. The Labute approximate surface area is 151 Å². The van der Waals surface area contributed by atoms with Crippen molar-refractivity contribution in [1.29, 1.82) is 0 Å².